The molecule has 2 aliphatic rings. The van der Waals surface area contributed by atoms with Crippen molar-refractivity contribution in [1.29, 1.82) is 0 Å². The van der Waals surface area contributed by atoms with E-state index < -0.39 is 30.5 Å². The smallest absolute Gasteiger partial charge is 0.237 e. The fraction of sp³-hybridized carbons (Fsp3) is 0.944. The Bertz CT molecular complexity index is 467. The highest BCUT2D eigenvalue weighted by molar-refractivity contribution is 7.99. The van der Waals surface area contributed by atoms with E-state index in [1.165, 1.54) is 11.8 Å². The maximum absolute atomic E-state index is 12.8. The molecule has 8 atom stereocenters. The number of nitrogens with zero attached hydrogens (tertiary/aromatic N) is 1. The molecule has 0 radical (unpaired) electrons. The second-order valence-corrected chi connectivity index (χ2v) is 8.68. The van der Waals surface area contributed by atoms with Gasteiger partial charge < -0.3 is 25.4 Å². The van der Waals surface area contributed by atoms with Crippen LogP contribution in [0.25, 0.3) is 0 Å². The van der Waals surface area contributed by atoms with E-state index in [4.69, 9.17) is 4.74 Å². The van der Waals surface area contributed by atoms with E-state index in [1.54, 1.807) is 6.92 Å². The molecule has 0 aromatic heterocycles. The Balaban J connectivity index is 2.06. The van der Waals surface area contributed by atoms with Gasteiger partial charge in [0.2, 0.25) is 5.91 Å². The molecule has 26 heavy (non-hydrogen) atoms. The average molecular weight is 391 g/mol. The lowest BCUT2D eigenvalue weighted by molar-refractivity contribution is -0.167. The topological polar surface area (TPSA) is 102 Å². The lowest BCUT2D eigenvalue weighted by atomic mass is 9.93. The van der Waals surface area contributed by atoms with Crippen LogP contribution < -0.4 is 5.32 Å². The van der Waals surface area contributed by atoms with Crippen LogP contribution >= 0.6 is 11.8 Å². The summed E-state index contributed by atoms with van der Waals surface area (Å²) in [5.41, 5.74) is -0.278. The molecule has 7 nitrogen and oxygen atoms in total. The number of likely N-dealkylation sites (N-methyl/N-ethyl adjacent to an activating group) is 1. The van der Waals surface area contributed by atoms with Gasteiger partial charge in [-0.2, -0.15) is 0 Å². The molecule has 0 aromatic carbocycles. The number of thioether (sulfide) groups is 1. The van der Waals surface area contributed by atoms with Gasteiger partial charge in [-0.1, -0.05) is 13.3 Å². The van der Waals surface area contributed by atoms with Crippen LogP contribution in [-0.4, -0.2) is 87.9 Å². The molecule has 0 bridgehead atoms. The molecule has 0 aromatic rings. The molecule has 2 aliphatic heterocycles. The Morgan fingerprint density at radius 2 is 2.08 bits per heavy atom. The molecule has 0 aliphatic carbocycles. The van der Waals surface area contributed by atoms with E-state index in [-0.39, 0.29) is 17.4 Å². The van der Waals surface area contributed by atoms with Crippen molar-refractivity contribution in [3.63, 3.8) is 0 Å². The first-order valence-electron chi connectivity index (χ1n) is 9.51. The van der Waals surface area contributed by atoms with Gasteiger partial charge in [0.05, 0.1) is 24.3 Å². The van der Waals surface area contributed by atoms with Crippen LogP contribution in [-0.2, 0) is 9.53 Å². The standard InChI is InChI=1S/C18H34N2O5S/c1-5-6-11-7-12(20(3)9-11)18(24)19-15(10(2)21)17-16(23)13(22)8-14(25-17)26-4/h10-17,21-23H,5-9H2,1-4H3,(H,19,24). The van der Waals surface area contributed by atoms with Gasteiger partial charge in [-0.25, -0.2) is 0 Å². The van der Waals surface area contributed by atoms with Crippen molar-refractivity contribution in [3.8, 4) is 0 Å². The first kappa shape index (κ1) is 21.9. The summed E-state index contributed by atoms with van der Waals surface area (Å²) >= 11 is 1.44. The van der Waals surface area contributed by atoms with E-state index in [0.717, 1.165) is 25.8 Å². The molecule has 4 N–H and O–H groups in total. The first-order chi connectivity index (χ1) is 12.3. The summed E-state index contributed by atoms with van der Waals surface area (Å²) in [5, 5.41) is 33.6. The summed E-state index contributed by atoms with van der Waals surface area (Å²) in [4.78, 5) is 14.9. The lowest BCUT2D eigenvalue weighted by Gasteiger charge is -2.41. The highest BCUT2D eigenvalue weighted by atomic mass is 32.2. The van der Waals surface area contributed by atoms with Gasteiger partial charge in [0.1, 0.15) is 17.6 Å². The third-order valence-electron chi connectivity index (χ3n) is 5.55. The van der Waals surface area contributed by atoms with Gasteiger partial charge in [-0.15, -0.1) is 11.8 Å². The predicted octanol–water partition coefficient (Wildman–Crippen LogP) is 0.172. The Morgan fingerprint density at radius 1 is 1.38 bits per heavy atom. The minimum Gasteiger partial charge on any atom is -0.391 e. The van der Waals surface area contributed by atoms with Crippen molar-refractivity contribution in [2.24, 2.45) is 5.92 Å². The molecule has 2 saturated heterocycles. The third-order valence-corrected chi connectivity index (χ3v) is 6.38. The number of hydrogen-bond donors (Lipinski definition) is 4. The largest absolute Gasteiger partial charge is 0.391 e. The number of hydrogen-bond acceptors (Lipinski definition) is 7. The van der Waals surface area contributed by atoms with Crippen molar-refractivity contribution < 1.29 is 24.9 Å². The molecule has 2 heterocycles. The predicted molar refractivity (Wildman–Crippen MR) is 102 cm³/mol. The van der Waals surface area contributed by atoms with Gasteiger partial charge >= 0.3 is 0 Å². The Kier molecular flexibility index (Phi) is 8.18. The van der Waals surface area contributed by atoms with E-state index in [2.05, 4.69) is 12.2 Å². The fourth-order valence-corrected chi connectivity index (χ4v) is 4.71. The second kappa shape index (κ2) is 9.71. The maximum atomic E-state index is 12.8. The van der Waals surface area contributed by atoms with Crippen molar-refractivity contribution >= 4 is 17.7 Å². The number of ether oxygens (including phenoxy) is 1. The minimum atomic E-state index is -1.15. The molecule has 2 fully saturated rings. The molecule has 0 saturated carbocycles. The number of carbonyl (C=O) groups excluding carboxylic acids is 1. The van der Waals surface area contributed by atoms with Crippen LogP contribution in [0.4, 0.5) is 0 Å². The van der Waals surface area contributed by atoms with Crippen LogP contribution in [0.5, 0.6) is 0 Å². The zero-order chi connectivity index (χ0) is 19.4. The minimum absolute atomic E-state index is 0.159. The van der Waals surface area contributed by atoms with Crippen LogP contribution in [0.3, 0.4) is 0 Å². The molecule has 2 rings (SSSR count). The number of nitrogens with one attached hydrogen (secondary N) is 1. The van der Waals surface area contributed by atoms with Gasteiger partial charge in [0.25, 0.3) is 0 Å². The summed E-state index contributed by atoms with van der Waals surface area (Å²) in [7, 11) is 1.94. The fourth-order valence-electron chi connectivity index (χ4n) is 4.08. The number of aliphatic hydroxyl groups is 3. The van der Waals surface area contributed by atoms with Gasteiger partial charge in [0.15, 0.2) is 0 Å². The second-order valence-electron chi connectivity index (χ2n) is 7.68. The van der Waals surface area contributed by atoms with Gasteiger partial charge in [0, 0.05) is 13.0 Å². The monoisotopic (exact) mass is 390 g/mol. The van der Waals surface area contributed by atoms with Crippen molar-refractivity contribution in [2.75, 3.05) is 19.8 Å². The van der Waals surface area contributed by atoms with E-state index in [0.29, 0.717) is 12.3 Å². The molecule has 152 valence electrons. The normalized spacial score (nSPS) is 38.1. The molecule has 8 unspecified atom stereocenters. The number of aliphatic hydroxyl groups excluding tert-OH is 3. The maximum Gasteiger partial charge on any atom is 0.237 e. The summed E-state index contributed by atoms with van der Waals surface area (Å²) in [6.07, 6.45) is 1.33. The summed E-state index contributed by atoms with van der Waals surface area (Å²) < 4.78 is 5.86. The van der Waals surface area contributed by atoms with Crippen LogP contribution in [0.15, 0.2) is 0 Å². The average Bonchev–Trinajstić information content (AvgIpc) is 2.95. The third kappa shape index (κ3) is 5.11. The van der Waals surface area contributed by atoms with Crippen molar-refractivity contribution in [2.45, 2.75) is 81.5 Å². The van der Waals surface area contributed by atoms with E-state index in [1.807, 2.05) is 18.2 Å². The van der Waals surface area contributed by atoms with Crippen LogP contribution in [0, 0.1) is 5.92 Å². The van der Waals surface area contributed by atoms with Crippen molar-refractivity contribution in [3.05, 3.63) is 0 Å². The van der Waals surface area contributed by atoms with Crippen molar-refractivity contribution in [1.82, 2.24) is 10.2 Å². The number of amides is 1. The summed E-state index contributed by atoms with van der Waals surface area (Å²) in [6.45, 7) is 4.60. The quantitative estimate of drug-likeness (QED) is 0.492. The number of likely N-dealkylation sites (tertiary alicyclic amines) is 1. The Hall–Kier alpha value is -0.380. The SMILES string of the molecule is CCCC1CC(C(=O)NC(C(C)O)C2OC(SC)CC(O)C2O)N(C)C1. The molecule has 1 amide bonds. The number of rotatable bonds is 7. The molecule has 8 heteroatoms. The van der Waals surface area contributed by atoms with Crippen LogP contribution in [0.2, 0.25) is 0 Å². The van der Waals surface area contributed by atoms with Gasteiger partial charge in [-0.05, 0) is 39.0 Å². The highest BCUT2D eigenvalue weighted by Gasteiger charge is 2.44. The van der Waals surface area contributed by atoms with Gasteiger partial charge in [-0.3, -0.25) is 9.69 Å². The van der Waals surface area contributed by atoms with E-state index >= 15 is 0 Å². The first-order valence-corrected chi connectivity index (χ1v) is 10.8. The zero-order valence-electron chi connectivity index (χ0n) is 16.2. The molecular formula is C18H34N2O5S. The highest BCUT2D eigenvalue weighted by Crippen LogP contribution is 2.30. The molecule has 0 spiro atoms. The Morgan fingerprint density at radius 3 is 2.65 bits per heavy atom. The Labute approximate surface area is 160 Å². The van der Waals surface area contributed by atoms with Crippen LogP contribution in [0.1, 0.15) is 39.5 Å². The zero-order valence-corrected chi connectivity index (χ0v) is 17.0. The summed E-state index contributed by atoms with van der Waals surface area (Å²) in [6, 6.07) is -1.02. The summed E-state index contributed by atoms with van der Waals surface area (Å²) in [5.74, 6) is 0.346. The lowest BCUT2D eigenvalue weighted by Crippen LogP contribution is -2.62. The number of carbonyl (C=O) groups is 1. The van der Waals surface area contributed by atoms with E-state index in [9.17, 15) is 20.1 Å². The molecular weight excluding hydrogens is 356 g/mol.